The van der Waals surface area contributed by atoms with Gasteiger partial charge >= 0.3 is 0 Å². The Morgan fingerprint density at radius 3 is 2.46 bits per heavy atom. The van der Waals surface area contributed by atoms with Crippen LogP contribution in [0.2, 0.25) is 0 Å². The second kappa shape index (κ2) is 3.10. The van der Waals surface area contributed by atoms with E-state index in [0.29, 0.717) is 0 Å². The van der Waals surface area contributed by atoms with Gasteiger partial charge in [0.2, 0.25) is 5.91 Å². The number of nitrogens with two attached hydrogens (primary N) is 2. The molecule has 68 valence electrons. The molecular formula is C7H7N3O3. The Balaban J connectivity index is 3.20. The normalized spacial score (nSPS) is 9.54. The molecular weight excluding hydrogens is 174 g/mol. The third kappa shape index (κ3) is 1.73. The van der Waals surface area contributed by atoms with Crippen LogP contribution in [-0.4, -0.2) is 10.8 Å². The van der Waals surface area contributed by atoms with Gasteiger partial charge in [-0.2, -0.15) is 0 Å². The number of nitrogens with zero attached hydrogens (tertiary/aromatic N) is 1. The summed E-state index contributed by atoms with van der Waals surface area (Å²) in [5.74, 6) is -0.665. The summed E-state index contributed by atoms with van der Waals surface area (Å²) in [6.07, 6.45) is 0. The molecule has 1 aromatic carbocycles. The lowest BCUT2D eigenvalue weighted by molar-refractivity contribution is -0.383. The highest BCUT2D eigenvalue weighted by Crippen LogP contribution is 2.21. The number of nitro groups is 1. The summed E-state index contributed by atoms with van der Waals surface area (Å²) in [4.78, 5) is 20.3. The van der Waals surface area contributed by atoms with Crippen LogP contribution < -0.4 is 11.5 Å². The monoisotopic (exact) mass is 181 g/mol. The molecule has 0 aromatic heterocycles. The average Bonchev–Trinajstić information content (AvgIpc) is 2.03. The van der Waals surface area contributed by atoms with Gasteiger partial charge in [-0.05, 0) is 12.1 Å². The van der Waals surface area contributed by atoms with Crippen molar-refractivity contribution in [3.05, 3.63) is 33.9 Å². The second-order valence-corrected chi connectivity index (χ2v) is 2.39. The van der Waals surface area contributed by atoms with Crippen LogP contribution in [0.1, 0.15) is 10.4 Å². The Morgan fingerprint density at radius 2 is 2.08 bits per heavy atom. The van der Waals surface area contributed by atoms with Crippen molar-refractivity contribution in [1.82, 2.24) is 0 Å². The van der Waals surface area contributed by atoms with Gasteiger partial charge in [-0.25, -0.2) is 0 Å². The molecule has 1 rings (SSSR count). The molecule has 6 nitrogen and oxygen atoms in total. The van der Waals surface area contributed by atoms with Gasteiger partial charge in [0.15, 0.2) is 0 Å². The van der Waals surface area contributed by atoms with Gasteiger partial charge in [0.05, 0.1) is 4.92 Å². The van der Waals surface area contributed by atoms with Gasteiger partial charge in [0.1, 0.15) is 5.69 Å². The highest BCUT2D eigenvalue weighted by Gasteiger charge is 2.12. The molecule has 0 unspecified atom stereocenters. The lowest BCUT2D eigenvalue weighted by Crippen LogP contribution is -2.11. The van der Waals surface area contributed by atoms with Crippen molar-refractivity contribution < 1.29 is 9.72 Å². The number of benzene rings is 1. The van der Waals surface area contributed by atoms with Gasteiger partial charge in [-0.15, -0.1) is 0 Å². The smallest absolute Gasteiger partial charge is 0.292 e. The molecule has 0 saturated heterocycles. The minimum Gasteiger partial charge on any atom is -0.393 e. The van der Waals surface area contributed by atoms with Crippen molar-refractivity contribution in [2.75, 3.05) is 5.73 Å². The Hall–Kier alpha value is -2.11. The summed E-state index contributed by atoms with van der Waals surface area (Å²) < 4.78 is 0. The molecule has 4 N–H and O–H groups in total. The van der Waals surface area contributed by atoms with Crippen LogP contribution in [0.4, 0.5) is 11.4 Å². The second-order valence-electron chi connectivity index (χ2n) is 2.39. The largest absolute Gasteiger partial charge is 0.393 e. The zero-order chi connectivity index (χ0) is 10.0. The van der Waals surface area contributed by atoms with Crippen molar-refractivity contribution in [3.63, 3.8) is 0 Å². The van der Waals surface area contributed by atoms with E-state index < -0.39 is 10.8 Å². The SMILES string of the molecule is NC(=O)c1ccc([N+](=O)[O-])c(N)c1. The van der Waals surface area contributed by atoms with Crippen LogP contribution in [-0.2, 0) is 0 Å². The third-order valence-electron chi connectivity index (χ3n) is 1.51. The summed E-state index contributed by atoms with van der Waals surface area (Å²) in [5.41, 5.74) is 10.1. The lowest BCUT2D eigenvalue weighted by Gasteiger charge is -1.98. The van der Waals surface area contributed by atoms with E-state index in [2.05, 4.69) is 0 Å². The summed E-state index contributed by atoms with van der Waals surface area (Å²) in [6, 6.07) is 3.59. The zero-order valence-electron chi connectivity index (χ0n) is 6.56. The first kappa shape index (κ1) is 8.98. The summed E-state index contributed by atoms with van der Waals surface area (Å²) in [7, 11) is 0. The van der Waals surface area contributed by atoms with Crippen molar-refractivity contribution in [1.29, 1.82) is 0 Å². The predicted octanol–water partition coefficient (Wildman–Crippen LogP) is 0.276. The summed E-state index contributed by atoms with van der Waals surface area (Å²) >= 11 is 0. The molecule has 0 aliphatic carbocycles. The maximum Gasteiger partial charge on any atom is 0.292 e. The number of hydrogen-bond donors (Lipinski definition) is 2. The number of hydrogen-bond acceptors (Lipinski definition) is 4. The molecule has 0 spiro atoms. The number of anilines is 1. The first-order chi connectivity index (χ1) is 6.02. The van der Waals surface area contributed by atoms with Crippen LogP contribution in [0.5, 0.6) is 0 Å². The minimum atomic E-state index is -0.665. The van der Waals surface area contributed by atoms with Crippen LogP contribution in [0.25, 0.3) is 0 Å². The Bertz CT molecular complexity index is 375. The standard InChI is InChI=1S/C7H7N3O3/c8-5-3-4(7(9)11)1-2-6(5)10(12)13/h1-3H,8H2,(H2,9,11). The van der Waals surface area contributed by atoms with E-state index in [4.69, 9.17) is 11.5 Å². The molecule has 6 heteroatoms. The molecule has 0 fully saturated rings. The number of rotatable bonds is 2. The van der Waals surface area contributed by atoms with Gasteiger partial charge < -0.3 is 11.5 Å². The van der Waals surface area contributed by atoms with Gasteiger partial charge in [0, 0.05) is 11.6 Å². The highest BCUT2D eigenvalue weighted by molar-refractivity contribution is 5.94. The number of nitrogen functional groups attached to an aromatic ring is 1. The number of carbonyl (C=O) groups excluding carboxylic acids is 1. The quantitative estimate of drug-likeness (QED) is 0.387. The fraction of sp³-hybridized carbons (Fsp3) is 0. The van der Waals surface area contributed by atoms with Gasteiger partial charge in [-0.3, -0.25) is 14.9 Å². The van der Waals surface area contributed by atoms with E-state index in [0.717, 1.165) is 6.07 Å². The first-order valence-corrected chi connectivity index (χ1v) is 3.36. The molecule has 0 aliphatic rings. The van der Waals surface area contributed by atoms with Gasteiger partial charge in [0.25, 0.3) is 5.69 Å². The number of primary amides is 1. The molecule has 0 heterocycles. The lowest BCUT2D eigenvalue weighted by atomic mass is 10.1. The van der Waals surface area contributed by atoms with Crippen molar-refractivity contribution in [3.8, 4) is 0 Å². The molecule has 0 radical (unpaired) electrons. The summed E-state index contributed by atoms with van der Waals surface area (Å²) in [5, 5.41) is 10.3. The minimum absolute atomic E-state index is 0.0682. The number of nitro benzene ring substituents is 1. The van der Waals surface area contributed by atoms with E-state index in [1.807, 2.05) is 0 Å². The van der Waals surface area contributed by atoms with Gasteiger partial charge in [-0.1, -0.05) is 0 Å². The maximum atomic E-state index is 10.6. The molecule has 1 amide bonds. The maximum absolute atomic E-state index is 10.6. The van der Waals surface area contributed by atoms with E-state index in [1.54, 1.807) is 0 Å². The van der Waals surface area contributed by atoms with Crippen LogP contribution in [0.15, 0.2) is 18.2 Å². The zero-order valence-corrected chi connectivity index (χ0v) is 6.56. The molecule has 13 heavy (non-hydrogen) atoms. The Morgan fingerprint density at radius 1 is 1.46 bits per heavy atom. The number of carbonyl (C=O) groups is 1. The topological polar surface area (TPSA) is 112 Å². The van der Waals surface area contributed by atoms with E-state index in [1.165, 1.54) is 12.1 Å². The Labute approximate surface area is 73.3 Å². The highest BCUT2D eigenvalue weighted by atomic mass is 16.6. The van der Waals surface area contributed by atoms with Crippen molar-refractivity contribution in [2.45, 2.75) is 0 Å². The molecule has 1 aromatic rings. The Kier molecular flexibility index (Phi) is 2.14. The first-order valence-electron chi connectivity index (χ1n) is 3.36. The van der Waals surface area contributed by atoms with E-state index in [9.17, 15) is 14.9 Å². The van der Waals surface area contributed by atoms with Crippen LogP contribution in [0.3, 0.4) is 0 Å². The third-order valence-corrected chi connectivity index (χ3v) is 1.51. The molecule has 0 atom stereocenters. The van der Waals surface area contributed by atoms with Crippen molar-refractivity contribution in [2.24, 2.45) is 5.73 Å². The van der Waals surface area contributed by atoms with Crippen molar-refractivity contribution >= 4 is 17.3 Å². The molecule has 0 aliphatic heterocycles. The van der Waals surface area contributed by atoms with E-state index in [-0.39, 0.29) is 16.9 Å². The van der Waals surface area contributed by atoms with E-state index >= 15 is 0 Å². The van der Waals surface area contributed by atoms with Crippen LogP contribution >= 0.6 is 0 Å². The number of amides is 1. The fourth-order valence-electron chi connectivity index (χ4n) is 0.874. The summed E-state index contributed by atoms with van der Waals surface area (Å²) in [6.45, 7) is 0. The van der Waals surface area contributed by atoms with Crippen LogP contribution in [0, 0.1) is 10.1 Å². The average molecular weight is 181 g/mol. The molecule has 0 saturated carbocycles. The predicted molar refractivity (Wildman–Crippen MR) is 46.0 cm³/mol. The molecule has 0 bridgehead atoms. The fourth-order valence-corrected chi connectivity index (χ4v) is 0.874.